The molecular formula is C17H21NO3S. The zero-order chi connectivity index (χ0) is 15.8. The van der Waals surface area contributed by atoms with E-state index in [-0.39, 0.29) is 5.91 Å². The van der Waals surface area contributed by atoms with E-state index in [1.54, 1.807) is 17.4 Å². The summed E-state index contributed by atoms with van der Waals surface area (Å²) >= 11 is 1.64. The summed E-state index contributed by atoms with van der Waals surface area (Å²) in [7, 11) is 0. The number of rotatable bonds is 8. The first kappa shape index (κ1) is 16.4. The van der Waals surface area contributed by atoms with Crippen LogP contribution in [0.25, 0.3) is 0 Å². The van der Waals surface area contributed by atoms with E-state index in [4.69, 9.17) is 9.47 Å². The van der Waals surface area contributed by atoms with Crippen molar-refractivity contribution in [3.8, 4) is 11.5 Å². The van der Waals surface area contributed by atoms with E-state index in [1.165, 1.54) is 5.56 Å². The van der Waals surface area contributed by atoms with Gasteiger partial charge in [0.25, 0.3) is 0 Å². The molecule has 2 rings (SSSR count). The van der Waals surface area contributed by atoms with Gasteiger partial charge in [0, 0.05) is 12.5 Å². The van der Waals surface area contributed by atoms with Crippen molar-refractivity contribution in [2.75, 3.05) is 18.5 Å². The Hall–Kier alpha value is -2.01. The maximum Gasteiger partial charge on any atom is 0.224 e. The van der Waals surface area contributed by atoms with Gasteiger partial charge in [-0.05, 0) is 54.8 Å². The maximum absolute atomic E-state index is 12.1. The minimum Gasteiger partial charge on any atom is -0.494 e. The summed E-state index contributed by atoms with van der Waals surface area (Å²) in [6.07, 6.45) is 1.19. The molecule has 1 N–H and O–H groups in total. The van der Waals surface area contributed by atoms with Crippen LogP contribution in [0.1, 0.15) is 25.8 Å². The number of anilines is 1. The zero-order valence-electron chi connectivity index (χ0n) is 12.9. The largest absolute Gasteiger partial charge is 0.494 e. The van der Waals surface area contributed by atoms with E-state index in [9.17, 15) is 4.79 Å². The van der Waals surface area contributed by atoms with Crippen LogP contribution >= 0.6 is 11.3 Å². The Morgan fingerprint density at radius 2 is 2.00 bits per heavy atom. The highest BCUT2D eigenvalue weighted by molar-refractivity contribution is 7.07. The second-order valence-corrected chi connectivity index (χ2v) is 5.48. The summed E-state index contributed by atoms with van der Waals surface area (Å²) in [5.74, 6) is 1.36. The Morgan fingerprint density at radius 1 is 1.18 bits per heavy atom. The zero-order valence-corrected chi connectivity index (χ0v) is 13.7. The lowest BCUT2D eigenvalue weighted by Crippen LogP contribution is -2.13. The molecule has 5 heteroatoms. The van der Waals surface area contributed by atoms with Crippen LogP contribution in [0.5, 0.6) is 11.5 Å². The molecule has 0 unspecified atom stereocenters. The Kier molecular flexibility index (Phi) is 6.27. The minimum atomic E-state index is -0.0270. The SMILES string of the molecule is CCOc1ccc(OCC)c(NC(=O)CCc2ccsc2)c1. The minimum absolute atomic E-state index is 0.0270. The molecule has 0 aliphatic rings. The Labute approximate surface area is 135 Å². The second-order valence-electron chi connectivity index (χ2n) is 4.70. The standard InChI is InChI=1S/C17H21NO3S/c1-3-20-14-6-7-16(21-4-2)15(11-14)18-17(19)8-5-13-9-10-22-12-13/h6-7,9-12H,3-5,8H2,1-2H3,(H,18,19). The smallest absolute Gasteiger partial charge is 0.224 e. The number of benzene rings is 1. The van der Waals surface area contributed by atoms with Gasteiger partial charge in [-0.2, -0.15) is 11.3 Å². The monoisotopic (exact) mass is 319 g/mol. The first-order valence-corrected chi connectivity index (χ1v) is 8.37. The molecule has 0 radical (unpaired) electrons. The van der Waals surface area contributed by atoms with Crippen LogP contribution in [0, 0.1) is 0 Å². The average Bonchev–Trinajstić information content (AvgIpc) is 3.02. The highest BCUT2D eigenvalue weighted by Crippen LogP contribution is 2.29. The number of ether oxygens (including phenoxy) is 2. The van der Waals surface area contributed by atoms with Gasteiger partial charge in [0.2, 0.25) is 5.91 Å². The molecule has 4 nitrogen and oxygen atoms in total. The van der Waals surface area contributed by atoms with Crippen LogP contribution in [-0.2, 0) is 11.2 Å². The van der Waals surface area contributed by atoms with E-state index in [0.29, 0.717) is 31.1 Å². The highest BCUT2D eigenvalue weighted by atomic mass is 32.1. The molecule has 22 heavy (non-hydrogen) atoms. The maximum atomic E-state index is 12.1. The van der Waals surface area contributed by atoms with Crippen molar-refractivity contribution in [2.24, 2.45) is 0 Å². The Morgan fingerprint density at radius 3 is 2.68 bits per heavy atom. The predicted octanol–water partition coefficient (Wildman–Crippen LogP) is 4.12. The van der Waals surface area contributed by atoms with Crippen molar-refractivity contribution in [1.29, 1.82) is 0 Å². The van der Waals surface area contributed by atoms with E-state index in [1.807, 2.05) is 37.4 Å². The molecule has 0 atom stereocenters. The number of hydrogen-bond donors (Lipinski definition) is 1. The van der Waals surface area contributed by atoms with Gasteiger partial charge in [-0.1, -0.05) is 0 Å². The molecule has 0 spiro atoms. The third-order valence-corrected chi connectivity index (χ3v) is 3.79. The molecular weight excluding hydrogens is 298 g/mol. The normalized spacial score (nSPS) is 10.3. The molecule has 0 saturated heterocycles. The van der Waals surface area contributed by atoms with Gasteiger partial charge in [-0.3, -0.25) is 4.79 Å². The number of hydrogen-bond acceptors (Lipinski definition) is 4. The predicted molar refractivity (Wildman–Crippen MR) is 90.0 cm³/mol. The molecule has 2 aromatic rings. The van der Waals surface area contributed by atoms with Gasteiger partial charge in [0.1, 0.15) is 11.5 Å². The van der Waals surface area contributed by atoms with E-state index < -0.39 is 0 Å². The van der Waals surface area contributed by atoms with Gasteiger partial charge >= 0.3 is 0 Å². The van der Waals surface area contributed by atoms with Crippen molar-refractivity contribution in [3.05, 3.63) is 40.6 Å². The lowest BCUT2D eigenvalue weighted by atomic mass is 10.2. The van der Waals surface area contributed by atoms with Crippen LogP contribution in [0.2, 0.25) is 0 Å². The van der Waals surface area contributed by atoms with Gasteiger partial charge in [-0.25, -0.2) is 0 Å². The lowest BCUT2D eigenvalue weighted by Gasteiger charge is -2.13. The van der Waals surface area contributed by atoms with Crippen molar-refractivity contribution in [3.63, 3.8) is 0 Å². The van der Waals surface area contributed by atoms with Crippen LogP contribution in [-0.4, -0.2) is 19.1 Å². The first-order chi connectivity index (χ1) is 10.7. The van der Waals surface area contributed by atoms with Crippen LogP contribution < -0.4 is 14.8 Å². The number of thiophene rings is 1. The third kappa shape index (κ3) is 4.77. The number of carbonyl (C=O) groups excluding carboxylic acids is 1. The quantitative estimate of drug-likeness (QED) is 0.796. The number of nitrogens with one attached hydrogen (secondary N) is 1. The Bertz CT molecular complexity index is 596. The fourth-order valence-corrected chi connectivity index (χ4v) is 2.75. The molecule has 0 bridgehead atoms. The van der Waals surface area contributed by atoms with E-state index in [0.717, 1.165) is 12.2 Å². The molecule has 0 aliphatic carbocycles. The topological polar surface area (TPSA) is 47.6 Å². The van der Waals surface area contributed by atoms with Crippen molar-refractivity contribution in [1.82, 2.24) is 0 Å². The summed E-state index contributed by atoms with van der Waals surface area (Å²) < 4.78 is 11.0. The number of aryl methyl sites for hydroxylation is 1. The molecule has 0 fully saturated rings. The van der Waals surface area contributed by atoms with Crippen molar-refractivity contribution >= 4 is 22.9 Å². The number of carbonyl (C=O) groups is 1. The summed E-state index contributed by atoms with van der Waals surface area (Å²) in [5.41, 5.74) is 1.84. The molecule has 1 heterocycles. The Balaban J connectivity index is 2.01. The summed E-state index contributed by atoms with van der Waals surface area (Å²) in [5, 5.41) is 7.00. The molecule has 0 aliphatic heterocycles. The molecule has 118 valence electrons. The molecule has 1 amide bonds. The van der Waals surface area contributed by atoms with Gasteiger partial charge in [0.05, 0.1) is 18.9 Å². The lowest BCUT2D eigenvalue weighted by molar-refractivity contribution is -0.116. The molecule has 1 aromatic carbocycles. The van der Waals surface area contributed by atoms with Gasteiger partial charge < -0.3 is 14.8 Å². The molecule has 1 aromatic heterocycles. The van der Waals surface area contributed by atoms with E-state index in [2.05, 4.69) is 10.7 Å². The van der Waals surface area contributed by atoms with Crippen molar-refractivity contribution < 1.29 is 14.3 Å². The average molecular weight is 319 g/mol. The van der Waals surface area contributed by atoms with Crippen LogP contribution in [0.3, 0.4) is 0 Å². The second kappa shape index (κ2) is 8.44. The van der Waals surface area contributed by atoms with Gasteiger partial charge in [0.15, 0.2) is 0 Å². The highest BCUT2D eigenvalue weighted by Gasteiger charge is 2.10. The summed E-state index contributed by atoms with van der Waals surface area (Å²) in [6, 6.07) is 7.51. The van der Waals surface area contributed by atoms with E-state index >= 15 is 0 Å². The first-order valence-electron chi connectivity index (χ1n) is 7.43. The van der Waals surface area contributed by atoms with Crippen molar-refractivity contribution in [2.45, 2.75) is 26.7 Å². The van der Waals surface area contributed by atoms with Crippen LogP contribution in [0.15, 0.2) is 35.0 Å². The summed E-state index contributed by atoms with van der Waals surface area (Å²) in [4.78, 5) is 12.1. The third-order valence-electron chi connectivity index (χ3n) is 3.06. The van der Waals surface area contributed by atoms with Crippen LogP contribution in [0.4, 0.5) is 5.69 Å². The van der Waals surface area contributed by atoms with Gasteiger partial charge in [-0.15, -0.1) is 0 Å². The fraction of sp³-hybridized carbons (Fsp3) is 0.353. The molecule has 0 saturated carbocycles. The number of amides is 1. The summed E-state index contributed by atoms with van der Waals surface area (Å²) in [6.45, 7) is 4.97. The fourth-order valence-electron chi connectivity index (χ4n) is 2.05.